The van der Waals surface area contributed by atoms with E-state index in [1.54, 1.807) is 12.3 Å². The standard InChI is InChI=1S/C27H30F2N6O2/c1-3-34-14-7-10-20(17-34)33(2)26-25-30-13-15-35(25)24(31-32-26)22-12-11-21(37-27(28)29)16-23(22)36-18-19-8-5-4-6-9-19/h4-6,8-9,11-13,15-16,20,27H,3,7,10,14,17-18H2,1-2H3. The Morgan fingerprint density at radius 3 is 2.76 bits per heavy atom. The van der Waals surface area contributed by atoms with Crippen molar-refractivity contribution >= 4 is 11.5 Å². The highest BCUT2D eigenvalue weighted by molar-refractivity contribution is 5.72. The Balaban J connectivity index is 1.50. The molecule has 1 atom stereocenters. The number of hydrogen-bond donors (Lipinski definition) is 0. The maximum Gasteiger partial charge on any atom is 0.387 e. The fraction of sp³-hybridized carbons (Fsp3) is 0.370. The fourth-order valence-corrected chi connectivity index (χ4v) is 4.77. The summed E-state index contributed by atoms with van der Waals surface area (Å²) in [5.74, 6) is 1.56. The van der Waals surface area contributed by atoms with Gasteiger partial charge in [0.25, 0.3) is 0 Å². The largest absolute Gasteiger partial charge is 0.488 e. The number of aromatic nitrogens is 4. The molecule has 37 heavy (non-hydrogen) atoms. The van der Waals surface area contributed by atoms with Crippen LogP contribution in [0.2, 0.25) is 0 Å². The average Bonchev–Trinajstić information content (AvgIpc) is 3.42. The maximum atomic E-state index is 12.9. The third-order valence-electron chi connectivity index (χ3n) is 6.77. The molecule has 1 fully saturated rings. The van der Waals surface area contributed by atoms with Crippen LogP contribution in [-0.2, 0) is 6.61 Å². The van der Waals surface area contributed by atoms with Gasteiger partial charge in [-0.1, -0.05) is 37.3 Å². The van der Waals surface area contributed by atoms with Crippen molar-refractivity contribution < 1.29 is 18.3 Å². The van der Waals surface area contributed by atoms with E-state index < -0.39 is 6.61 Å². The van der Waals surface area contributed by atoms with Crippen molar-refractivity contribution in [3.63, 3.8) is 0 Å². The number of anilines is 1. The first-order valence-electron chi connectivity index (χ1n) is 12.4. The zero-order valence-corrected chi connectivity index (χ0v) is 20.9. The predicted octanol–water partition coefficient (Wildman–Crippen LogP) is 4.89. The molecule has 0 aliphatic carbocycles. The summed E-state index contributed by atoms with van der Waals surface area (Å²) in [5, 5.41) is 9.14. The number of hydrogen-bond acceptors (Lipinski definition) is 7. The number of likely N-dealkylation sites (N-methyl/N-ethyl adjacent to an activating group) is 2. The van der Waals surface area contributed by atoms with Crippen LogP contribution < -0.4 is 14.4 Å². The van der Waals surface area contributed by atoms with E-state index in [4.69, 9.17) is 4.74 Å². The van der Waals surface area contributed by atoms with Gasteiger partial charge in [-0.3, -0.25) is 4.40 Å². The molecule has 0 amide bonds. The number of halogens is 2. The van der Waals surface area contributed by atoms with E-state index in [1.165, 1.54) is 12.1 Å². The number of rotatable bonds is 9. The average molecular weight is 509 g/mol. The number of imidazole rings is 1. The van der Waals surface area contributed by atoms with E-state index in [-0.39, 0.29) is 12.4 Å². The lowest BCUT2D eigenvalue weighted by atomic mass is 10.0. The van der Waals surface area contributed by atoms with Crippen molar-refractivity contribution in [2.45, 2.75) is 39.0 Å². The van der Waals surface area contributed by atoms with Crippen LogP contribution in [0.25, 0.3) is 17.0 Å². The van der Waals surface area contributed by atoms with E-state index in [9.17, 15) is 8.78 Å². The molecule has 0 radical (unpaired) electrons. The molecule has 1 saturated heterocycles. The summed E-state index contributed by atoms with van der Waals surface area (Å²) in [6, 6.07) is 14.5. The van der Waals surface area contributed by atoms with Crippen LogP contribution in [0.1, 0.15) is 25.3 Å². The molecular formula is C27H30F2N6O2. The lowest BCUT2D eigenvalue weighted by molar-refractivity contribution is -0.0499. The molecule has 8 nitrogen and oxygen atoms in total. The highest BCUT2D eigenvalue weighted by Gasteiger charge is 2.26. The molecular weight excluding hydrogens is 478 g/mol. The molecule has 2 aromatic carbocycles. The monoisotopic (exact) mass is 508 g/mol. The first kappa shape index (κ1) is 24.9. The smallest absolute Gasteiger partial charge is 0.387 e. The normalized spacial score (nSPS) is 16.3. The molecule has 5 rings (SSSR count). The number of alkyl halides is 2. The summed E-state index contributed by atoms with van der Waals surface area (Å²) in [5.41, 5.74) is 2.21. The summed E-state index contributed by atoms with van der Waals surface area (Å²) >= 11 is 0. The van der Waals surface area contributed by atoms with E-state index >= 15 is 0 Å². The maximum absolute atomic E-state index is 12.9. The van der Waals surface area contributed by atoms with Crippen LogP contribution in [0.3, 0.4) is 0 Å². The van der Waals surface area contributed by atoms with Gasteiger partial charge in [-0.05, 0) is 43.6 Å². The fourth-order valence-electron chi connectivity index (χ4n) is 4.77. The number of likely N-dealkylation sites (tertiary alicyclic amines) is 1. The zero-order chi connectivity index (χ0) is 25.8. The highest BCUT2D eigenvalue weighted by atomic mass is 19.3. The minimum atomic E-state index is -2.94. The molecule has 2 aromatic heterocycles. The number of nitrogens with zero attached hydrogens (tertiary/aromatic N) is 6. The van der Waals surface area contributed by atoms with Crippen LogP contribution in [0.4, 0.5) is 14.6 Å². The van der Waals surface area contributed by atoms with Gasteiger partial charge in [-0.2, -0.15) is 8.78 Å². The van der Waals surface area contributed by atoms with Crippen LogP contribution in [-0.4, -0.2) is 63.8 Å². The summed E-state index contributed by atoms with van der Waals surface area (Å²) in [6.07, 6.45) is 5.73. The van der Waals surface area contributed by atoms with Gasteiger partial charge in [0.1, 0.15) is 18.1 Å². The number of fused-ring (bicyclic) bond motifs is 1. The SMILES string of the molecule is CCN1CCCC(N(C)c2nnc(-c3ccc(OC(F)F)cc3OCc3ccccc3)n3ccnc23)C1. The number of benzene rings is 2. The van der Waals surface area contributed by atoms with Gasteiger partial charge in [0.15, 0.2) is 17.3 Å². The zero-order valence-electron chi connectivity index (χ0n) is 20.9. The van der Waals surface area contributed by atoms with Crippen molar-refractivity contribution in [3.05, 3.63) is 66.5 Å². The Kier molecular flexibility index (Phi) is 7.45. The van der Waals surface area contributed by atoms with Crippen LogP contribution in [0.5, 0.6) is 11.5 Å². The van der Waals surface area contributed by atoms with Crippen LogP contribution in [0, 0.1) is 0 Å². The second-order valence-electron chi connectivity index (χ2n) is 9.08. The molecule has 194 valence electrons. The quantitative estimate of drug-likeness (QED) is 0.319. The highest BCUT2D eigenvalue weighted by Crippen LogP contribution is 2.35. The van der Waals surface area contributed by atoms with Crippen LogP contribution in [0.15, 0.2) is 60.9 Å². The Morgan fingerprint density at radius 2 is 1.97 bits per heavy atom. The summed E-state index contributed by atoms with van der Waals surface area (Å²) < 4.78 is 38.4. The molecule has 0 spiro atoms. The molecule has 4 aromatic rings. The predicted molar refractivity (Wildman–Crippen MR) is 137 cm³/mol. The molecule has 1 unspecified atom stereocenters. The summed E-state index contributed by atoms with van der Waals surface area (Å²) in [6.45, 7) is 2.59. The number of ether oxygens (including phenoxy) is 2. The van der Waals surface area contributed by atoms with E-state index in [1.807, 2.05) is 48.0 Å². The van der Waals surface area contributed by atoms with E-state index in [0.29, 0.717) is 34.6 Å². The summed E-state index contributed by atoms with van der Waals surface area (Å²) in [7, 11) is 2.03. The van der Waals surface area contributed by atoms with Crippen molar-refractivity contribution in [1.29, 1.82) is 0 Å². The van der Waals surface area contributed by atoms with Crippen molar-refractivity contribution in [2.75, 3.05) is 31.6 Å². The molecule has 3 heterocycles. The van der Waals surface area contributed by atoms with Gasteiger partial charge in [-0.15, -0.1) is 10.2 Å². The van der Waals surface area contributed by atoms with Gasteiger partial charge < -0.3 is 19.3 Å². The molecule has 1 aliphatic heterocycles. The second kappa shape index (κ2) is 11.1. The van der Waals surface area contributed by atoms with E-state index in [0.717, 1.165) is 38.0 Å². The molecule has 0 saturated carbocycles. The molecule has 0 bridgehead atoms. The topological polar surface area (TPSA) is 68.0 Å². The minimum absolute atomic E-state index is 0.00535. The lowest BCUT2D eigenvalue weighted by Crippen LogP contribution is -2.46. The number of piperidine rings is 1. The third-order valence-corrected chi connectivity index (χ3v) is 6.77. The molecule has 0 N–H and O–H groups in total. The van der Waals surface area contributed by atoms with Gasteiger partial charge in [0.05, 0.1) is 5.56 Å². The van der Waals surface area contributed by atoms with Crippen molar-refractivity contribution in [2.24, 2.45) is 0 Å². The summed E-state index contributed by atoms with van der Waals surface area (Å²) in [4.78, 5) is 9.18. The van der Waals surface area contributed by atoms with Crippen LogP contribution >= 0.6 is 0 Å². The molecule has 10 heteroatoms. The first-order valence-corrected chi connectivity index (χ1v) is 12.4. The van der Waals surface area contributed by atoms with Gasteiger partial charge in [0, 0.05) is 38.1 Å². The van der Waals surface area contributed by atoms with Crippen molar-refractivity contribution in [1.82, 2.24) is 24.5 Å². The minimum Gasteiger partial charge on any atom is -0.488 e. The Hall–Kier alpha value is -3.79. The van der Waals surface area contributed by atoms with Gasteiger partial charge in [-0.25, -0.2) is 4.98 Å². The second-order valence-corrected chi connectivity index (χ2v) is 9.08. The Labute approximate surface area is 214 Å². The molecule has 1 aliphatic rings. The Bertz CT molecular complexity index is 1330. The lowest BCUT2D eigenvalue weighted by Gasteiger charge is -2.37. The first-order chi connectivity index (χ1) is 18.0. The Morgan fingerprint density at radius 1 is 1.14 bits per heavy atom. The van der Waals surface area contributed by atoms with Crippen molar-refractivity contribution in [3.8, 4) is 22.9 Å². The third kappa shape index (κ3) is 5.48. The van der Waals surface area contributed by atoms with Gasteiger partial charge in [0.2, 0.25) is 0 Å². The van der Waals surface area contributed by atoms with E-state index in [2.05, 4.69) is 36.6 Å². The van der Waals surface area contributed by atoms with Gasteiger partial charge >= 0.3 is 6.61 Å².